The van der Waals surface area contributed by atoms with Gasteiger partial charge in [0.25, 0.3) is 5.91 Å². The van der Waals surface area contributed by atoms with Gasteiger partial charge < -0.3 is 5.32 Å². The van der Waals surface area contributed by atoms with Crippen LogP contribution in [0.15, 0.2) is 67.0 Å². The normalized spacial score (nSPS) is 14.4. The average Bonchev–Trinajstić information content (AvgIpc) is 3.43. The smallest absolute Gasteiger partial charge is 0.251 e. The van der Waals surface area contributed by atoms with Crippen molar-refractivity contribution in [1.82, 2.24) is 15.1 Å². The van der Waals surface area contributed by atoms with Gasteiger partial charge in [-0.2, -0.15) is 5.10 Å². The molecule has 27 heavy (non-hydrogen) atoms. The molecule has 0 atom stereocenters. The number of benzene rings is 2. The molecule has 1 aliphatic heterocycles. The number of carbonyl (C=O) groups is 1. The Morgan fingerprint density at radius 3 is 2.48 bits per heavy atom. The number of thioether (sulfide) groups is 2. The van der Waals surface area contributed by atoms with Crippen LogP contribution in [-0.2, 0) is 6.42 Å². The number of nitrogens with zero attached hydrogens (tertiary/aromatic N) is 2. The Morgan fingerprint density at radius 1 is 1.07 bits per heavy atom. The van der Waals surface area contributed by atoms with E-state index in [0.717, 1.165) is 17.7 Å². The van der Waals surface area contributed by atoms with Gasteiger partial charge in [-0.15, -0.1) is 23.5 Å². The molecular formula is C21H21N3OS2. The molecule has 2 aromatic carbocycles. The molecular weight excluding hydrogens is 374 g/mol. The van der Waals surface area contributed by atoms with Gasteiger partial charge in [0.1, 0.15) is 0 Å². The largest absolute Gasteiger partial charge is 0.352 e. The molecule has 1 aliphatic rings. The number of carbonyl (C=O) groups excluding carboxylic acids is 1. The Morgan fingerprint density at radius 2 is 1.81 bits per heavy atom. The first-order chi connectivity index (χ1) is 13.3. The van der Waals surface area contributed by atoms with Gasteiger partial charge >= 0.3 is 0 Å². The van der Waals surface area contributed by atoms with Crippen molar-refractivity contribution in [2.45, 2.75) is 11.0 Å². The number of nitrogens with one attached hydrogen (secondary N) is 1. The molecule has 2 heterocycles. The summed E-state index contributed by atoms with van der Waals surface area (Å²) in [5.74, 6) is 2.41. The first-order valence-electron chi connectivity index (χ1n) is 9.00. The Hall–Kier alpha value is -2.18. The first-order valence-corrected chi connectivity index (χ1v) is 11.1. The summed E-state index contributed by atoms with van der Waals surface area (Å²) in [5, 5.41) is 7.24. The van der Waals surface area contributed by atoms with Gasteiger partial charge in [-0.25, -0.2) is 4.68 Å². The van der Waals surface area contributed by atoms with Crippen LogP contribution in [0.3, 0.4) is 0 Å². The van der Waals surface area contributed by atoms with Crippen LogP contribution in [-0.4, -0.2) is 33.7 Å². The molecule has 1 amide bonds. The van der Waals surface area contributed by atoms with Crippen LogP contribution in [0.2, 0.25) is 0 Å². The minimum Gasteiger partial charge on any atom is -0.352 e. The summed E-state index contributed by atoms with van der Waals surface area (Å²) in [7, 11) is 0. The topological polar surface area (TPSA) is 46.9 Å². The second kappa shape index (κ2) is 8.67. The number of amides is 1. The van der Waals surface area contributed by atoms with Gasteiger partial charge in [0.2, 0.25) is 0 Å². The lowest BCUT2D eigenvalue weighted by Crippen LogP contribution is -2.25. The van der Waals surface area contributed by atoms with Crippen LogP contribution < -0.4 is 5.32 Å². The predicted octanol–water partition coefficient (Wildman–Crippen LogP) is 4.32. The lowest BCUT2D eigenvalue weighted by molar-refractivity contribution is 0.0954. The fourth-order valence-electron chi connectivity index (χ4n) is 3.00. The van der Waals surface area contributed by atoms with E-state index in [1.165, 1.54) is 22.6 Å². The molecule has 1 aromatic heterocycles. The molecule has 0 aliphatic carbocycles. The molecule has 1 fully saturated rings. The summed E-state index contributed by atoms with van der Waals surface area (Å²) < 4.78 is 2.35. The zero-order valence-electron chi connectivity index (χ0n) is 14.9. The second-order valence-electron chi connectivity index (χ2n) is 6.32. The third-order valence-corrected chi connectivity index (χ3v) is 7.58. The highest BCUT2D eigenvalue weighted by Gasteiger charge is 2.18. The molecule has 1 N–H and O–H groups in total. The van der Waals surface area contributed by atoms with E-state index in [1.807, 2.05) is 64.7 Å². The van der Waals surface area contributed by atoms with E-state index < -0.39 is 0 Å². The lowest BCUT2D eigenvalue weighted by Gasteiger charge is -2.10. The fourth-order valence-corrected chi connectivity index (χ4v) is 5.86. The van der Waals surface area contributed by atoms with E-state index in [-0.39, 0.29) is 5.91 Å². The number of rotatable bonds is 6. The average molecular weight is 396 g/mol. The van der Waals surface area contributed by atoms with Gasteiger partial charge in [-0.1, -0.05) is 24.3 Å². The SMILES string of the molecule is O=C(NCCc1ccc(-n2cccn2)cc1)c1ccc(C2SCCS2)cc1. The van der Waals surface area contributed by atoms with Crippen molar-refractivity contribution >= 4 is 29.4 Å². The van der Waals surface area contributed by atoms with Gasteiger partial charge in [0.15, 0.2) is 0 Å². The standard InChI is InChI=1S/C21H21N3OS2/c25-20(17-4-6-18(7-5-17)21-26-14-15-27-21)22-12-10-16-2-8-19(9-3-16)24-13-1-11-23-24/h1-9,11,13,21H,10,12,14-15H2,(H,22,25). The van der Waals surface area contributed by atoms with Gasteiger partial charge in [-0.05, 0) is 47.9 Å². The summed E-state index contributed by atoms with van der Waals surface area (Å²) in [6.45, 7) is 0.621. The molecule has 0 bridgehead atoms. The van der Waals surface area contributed by atoms with Crippen molar-refractivity contribution in [2.24, 2.45) is 0 Å². The lowest BCUT2D eigenvalue weighted by atomic mass is 10.1. The molecule has 3 aromatic rings. The van der Waals surface area contributed by atoms with Crippen LogP contribution >= 0.6 is 23.5 Å². The third kappa shape index (κ3) is 4.57. The number of aromatic nitrogens is 2. The highest BCUT2D eigenvalue weighted by molar-refractivity contribution is 8.19. The van der Waals surface area contributed by atoms with E-state index in [0.29, 0.717) is 11.1 Å². The molecule has 6 heteroatoms. The van der Waals surface area contributed by atoms with Crippen molar-refractivity contribution in [2.75, 3.05) is 18.1 Å². The van der Waals surface area contributed by atoms with Crippen LogP contribution in [0.1, 0.15) is 26.1 Å². The van der Waals surface area contributed by atoms with Crippen molar-refractivity contribution in [3.63, 3.8) is 0 Å². The highest BCUT2D eigenvalue weighted by Crippen LogP contribution is 2.45. The van der Waals surface area contributed by atoms with Crippen molar-refractivity contribution in [1.29, 1.82) is 0 Å². The Labute approximate surface area is 167 Å². The maximum absolute atomic E-state index is 12.3. The maximum Gasteiger partial charge on any atom is 0.251 e. The fraction of sp³-hybridized carbons (Fsp3) is 0.238. The summed E-state index contributed by atoms with van der Waals surface area (Å²) in [6, 6.07) is 18.2. The van der Waals surface area contributed by atoms with Gasteiger partial charge in [0, 0.05) is 36.0 Å². The summed E-state index contributed by atoms with van der Waals surface area (Å²) >= 11 is 3.96. The van der Waals surface area contributed by atoms with Crippen LogP contribution in [0.25, 0.3) is 5.69 Å². The van der Waals surface area contributed by atoms with E-state index in [4.69, 9.17) is 0 Å². The Balaban J connectivity index is 1.27. The van der Waals surface area contributed by atoms with E-state index in [9.17, 15) is 4.79 Å². The van der Waals surface area contributed by atoms with Crippen molar-refractivity contribution < 1.29 is 4.79 Å². The zero-order valence-corrected chi connectivity index (χ0v) is 16.5. The maximum atomic E-state index is 12.3. The Bertz CT molecular complexity index is 871. The van der Waals surface area contributed by atoms with Gasteiger partial charge in [-0.3, -0.25) is 4.79 Å². The van der Waals surface area contributed by atoms with Crippen molar-refractivity contribution in [3.05, 3.63) is 83.7 Å². The van der Waals surface area contributed by atoms with Crippen LogP contribution in [0, 0.1) is 0 Å². The van der Waals surface area contributed by atoms with Crippen LogP contribution in [0.4, 0.5) is 0 Å². The molecule has 0 radical (unpaired) electrons. The third-order valence-electron chi connectivity index (χ3n) is 4.47. The van der Waals surface area contributed by atoms with E-state index in [1.54, 1.807) is 6.20 Å². The molecule has 0 saturated carbocycles. The number of hydrogen-bond acceptors (Lipinski definition) is 4. The number of hydrogen-bond donors (Lipinski definition) is 1. The minimum atomic E-state index is -0.0126. The second-order valence-corrected chi connectivity index (χ2v) is 9.04. The van der Waals surface area contributed by atoms with Crippen LogP contribution in [0.5, 0.6) is 0 Å². The molecule has 4 nitrogen and oxygen atoms in total. The molecule has 1 saturated heterocycles. The predicted molar refractivity (Wildman–Crippen MR) is 114 cm³/mol. The highest BCUT2D eigenvalue weighted by atomic mass is 32.2. The molecule has 0 spiro atoms. The molecule has 138 valence electrons. The summed E-state index contributed by atoms with van der Waals surface area (Å²) in [6.07, 6.45) is 4.49. The van der Waals surface area contributed by atoms with Crippen molar-refractivity contribution in [3.8, 4) is 5.69 Å². The molecule has 4 rings (SSSR count). The Kier molecular flexibility index (Phi) is 5.84. The first kappa shape index (κ1) is 18.2. The van der Waals surface area contributed by atoms with E-state index in [2.05, 4.69) is 34.7 Å². The molecule has 0 unspecified atom stereocenters. The quantitative estimate of drug-likeness (QED) is 0.675. The van der Waals surface area contributed by atoms with Gasteiger partial charge in [0.05, 0.1) is 10.3 Å². The summed E-state index contributed by atoms with van der Waals surface area (Å²) in [4.78, 5) is 12.3. The zero-order chi connectivity index (χ0) is 18.5. The monoisotopic (exact) mass is 395 g/mol. The summed E-state index contributed by atoms with van der Waals surface area (Å²) in [5.41, 5.74) is 4.25. The van der Waals surface area contributed by atoms with E-state index >= 15 is 0 Å². The minimum absolute atomic E-state index is 0.0126.